The van der Waals surface area contributed by atoms with E-state index in [0.717, 1.165) is 11.6 Å². The standard InChI is InChI=1S/C15H12ClFN2O3S/c1-9-2-5-14-13(6-9)18-15(20)19(23(14,21)22)8-10-3-4-11(16)7-12(10)17/h2-7H,8H2,1H3,(H,18,20). The monoisotopic (exact) mass is 354 g/mol. The number of halogens is 2. The molecule has 23 heavy (non-hydrogen) atoms. The Bertz CT molecular complexity index is 915. The lowest BCUT2D eigenvalue weighted by Crippen LogP contribution is -2.43. The summed E-state index contributed by atoms with van der Waals surface area (Å²) in [6.45, 7) is 1.37. The number of carbonyl (C=O) groups is 1. The van der Waals surface area contributed by atoms with Crippen LogP contribution >= 0.6 is 11.6 Å². The van der Waals surface area contributed by atoms with E-state index in [2.05, 4.69) is 5.32 Å². The van der Waals surface area contributed by atoms with Gasteiger partial charge in [-0.1, -0.05) is 23.7 Å². The van der Waals surface area contributed by atoms with E-state index in [1.807, 2.05) is 0 Å². The first-order chi connectivity index (χ1) is 10.8. The molecule has 1 aliphatic heterocycles. The molecule has 0 aliphatic carbocycles. The molecule has 0 bridgehead atoms. The molecule has 2 amide bonds. The van der Waals surface area contributed by atoms with Crippen LogP contribution in [-0.4, -0.2) is 18.8 Å². The van der Waals surface area contributed by atoms with Crippen molar-refractivity contribution in [2.24, 2.45) is 0 Å². The predicted octanol–water partition coefficient (Wildman–Crippen LogP) is 3.52. The Labute approximate surface area is 137 Å². The van der Waals surface area contributed by atoms with Crippen LogP contribution < -0.4 is 5.32 Å². The molecule has 5 nitrogen and oxygen atoms in total. The van der Waals surface area contributed by atoms with Crippen molar-refractivity contribution in [2.45, 2.75) is 18.4 Å². The highest BCUT2D eigenvalue weighted by Gasteiger charge is 2.37. The number of amides is 2. The first kappa shape index (κ1) is 15.8. The second-order valence-corrected chi connectivity index (χ2v) is 7.44. The van der Waals surface area contributed by atoms with E-state index < -0.39 is 28.4 Å². The first-order valence-electron chi connectivity index (χ1n) is 6.67. The summed E-state index contributed by atoms with van der Waals surface area (Å²) in [5, 5.41) is 2.71. The summed E-state index contributed by atoms with van der Waals surface area (Å²) in [5.41, 5.74) is 1.10. The molecule has 8 heteroatoms. The Balaban J connectivity index is 2.03. The van der Waals surface area contributed by atoms with Gasteiger partial charge in [0, 0.05) is 10.6 Å². The smallest absolute Gasteiger partial charge is 0.306 e. The average Bonchev–Trinajstić information content (AvgIpc) is 2.44. The summed E-state index contributed by atoms with van der Waals surface area (Å²) >= 11 is 5.68. The van der Waals surface area contributed by atoms with E-state index in [1.165, 1.54) is 18.2 Å². The van der Waals surface area contributed by atoms with E-state index in [0.29, 0.717) is 4.31 Å². The second kappa shape index (κ2) is 5.50. The normalized spacial score (nSPS) is 16.0. The molecule has 3 rings (SSSR count). The van der Waals surface area contributed by atoms with Crippen molar-refractivity contribution in [1.82, 2.24) is 4.31 Å². The largest absolute Gasteiger partial charge is 0.336 e. The van der Waals surface area contributed by atoms with Crippen LogP contribution in [0.2, 0.25) is 5.02 Å². The summed E-state index contributed by atoms with van der Waals surface area (Å²) in [6.07, 6.45) is 0. The zero-order valence-corrected chi connectivity index (χ0v) is 13.6. The van der Waals surface area contributed by atoms with Gasteiger partial charge in [0.25, 0.3) is 10.0 Å². The summed E-state index contributed by atoms with van der Waals surface area (Å²) in [4.78, 5) is 12.1. The zero-order valence-electron chi connectivity index (χ0n) is 12.0. The molecule has 2 aromatic carbocycles. The van der Waals surface area contributed by atoms with Gasteiger partial charge in [-0.15, -0.1) is 0 Å². The predicted molar refractivity (Wildman–Crippen MR) is 84.3 cm³/mol. The summed E-state index contributed by atoms with van der Waals surface area (Å²) < 4.78 is 39.8. The van der Waals surface area contributed by atoms with Gasteiger partial charge in [0.15, 0.2) is 0 Å². The SMILES string of the molecule is Cc1ccc2c(c1)NC(=O)N(Cc1ccc(Cl)cc1F)S2(=O)=O. The number of carbonyl (C=O) groups excluding carboxylic acids is 1. The van der Waals surface area contributed by atoms with E-state index in [9.17, 15) is 17.6 Å². The molecule has 0 saturated carbocycles. The molecule has 0 saturated heterocycles. The fourth-order valence-corrected chi connectivity index (χ4v) is 3.93. The molecule has 0 spiro atoms. The van der Waals surface area contributed by atoms with E-state index in [4.69, 9.17) is 11.6 Å². The number of fused-ring (bicyclic) bond motifs is 1. The third-order valence-corrected chi connectivity index (χ3v) is 5.52. The molecule has 2 aromatic rings. The van der Waals surface area contributed by atoms with Gasteiger partial charge in [-0.3, -0.25) is 0 Å². The minimum atomic E-state index is -4.05. The maximum Gasteiger partial charge on any atom is 0.336 e. The number of anilines is 1. The van der Waals surface area contributed by atoms with Crippen LogP contribution in [0.5, 0.6) is 0 Å². The Morgan fingerprint density at radius 2 is 1.96 bits per heavy atom. The van der Waals surface area contributed by atoms with Crippen molar-refractivity contribution in [1.29, 1.82) is 0 Å². The topological polar surface area (TPSA) is 66.5 Å². The lowest BCUT2D eigenvalue weighted by atomic mass is 10.2. The minimum absolute atomic E-state index is 0.0166. The van der Waals surface area contributed by atoms with E-state index in [-0.39, 0.29) is 21.2 Å². The lowest BCUT2D eigenvalue weighted by Gasteiger charge is -2.29. The summed E-state index contributed by atoms with van der Waals surface area (Å²) in [5.74, 6) is -0.671. The van der Waals surface area contributed by atoms with Gasteiger partial charge in [0.05, 0.1) is 12.2 Å². The Morgan fingerprint density at radius 1 is 1.22 bits per heavy atom. The highest BCUT2D eigenvalue weighted by Crippen LogP contribution is 2.32. The average molecular weight is 355 g/mol. The van der Waals surface area contributed by atoms with E-state index in [1.54, 1.807) is 19.1 Å². The highest BCUT2D eigenvalue weighted by molar-refractivity contribution is 7.90. The fraction of sp³-hybridized carbons (Fsp3) is 0.133. The van der Waals surface area contributed by atoms with Crippen molar-refractivity contribution >= 4 is 33.3 Å². The lowest BCUT2D eigenvalue weighted by molar-refractivity contribution is 0.233. The van der Waals surface area contributed by atoms with E-state index >= 15 is 0 Å². The molecule has 0 fully saturated rings. The molecule has 0 radical (unpaired) electrons. The Hall–Kier alpha value is -2.12. The van der Waals surface area contributed by atoms with Crippen LogP contribution in [0.15, 0.2) is 41.3 Å². The maximum absolute atomic E-state index is 13.9. The summed E-state index contributed by atoms with van der Waals surface area (Å²) in [7, 11) is -4.05. The number of aryl methyl sites for hydroxylation is 1. The number of hydrogen-bond acceptors (Lipinski definition) is 3. The molecule has 0 atom stereocenters. The van der Waals surface area contributed by atoms with Crippen LogP contribution in [0.1, 0.15) is 11.1 Å². The number of benzene rings is 2. The number of hydrogen-bond donors (Lipinski definition) is 1. The molecular formula is C15H12ClFN2O3S. The quantitative estimate of drug-likeness (QED) is 0.897. The van der Waals surface area contributed by atoms with Gasteiger partial charge in [0.1, 0.15) is 10.7 Å². The molecule has 1 N–H and O–H groups in total. The zero-order chi connectivity index (χ0) is 16.8. The van der Waals surface area contributed by atoms with Gasteiger partial charge >= 0.3 is 6.03 Å². The van der Waals surface area contributed by atoms with Crippen molar-refractivity contribution in [3.8, 4) is 0 Å². The molecule has 0 unspecified atom stereocenters. The van der Waals surface area contributed by atoms with Crippen LogP contribution in [0, 0.1) is 12.7 Å². The Kier molecular flexibility index (Phi) is 3.77. The summed E-state index contributed by atoms with van der Waals surface area (Å²) in [6, 6.07) is 7.67. The van der Waals surface area contributed by atoms with Crippen LogP contribution in [0.25, 0.3) is 0 Å². The molecule has 1 heterocycles. The maximum atomic E-state index is 13.9. The van der Waals surface area contributed by atoms with Gasteiger partial charge in [0.2, 0.25) is 0 Å². The minimum Gasteiger partial charge on any atom is -0.306 e. The molecular weight excluding hydrogens is 343 g/mol. The van der Waals surface area contributed by atoms with Gasteiger partial charge in [-0.2, -0.15) is 0 Å². The number of sulfonamides is 1. The molecule has 0 aromatic heterocycles. The van der Waals surface area contributed by atoms with Gasteiger partial charge < -0.3 is 5.32 Å². The third kappa shape index (κ3) is 2.77. The van der Waals surface area contributed by atoms with Crippen LogP contribution in [-0.2, 0) is 16.6 Å². The van der Waals surface area contributed by atoms with Gasteiger partial charge in [-0.05, 0) is 36.8 Å². The van der Waals surface area contributed by atoms with Crippen molar-refractivity contribution in [3.63, 3.8) is 0 Å². The first-order valence-corrected chi connectivity index (χ1v) is 8.49. The number of nitrogens with one attached hydrogen (secondary N) is 1. The third-order valence-electron chi connectivity index (χ3n) is 3.50. The number of urea groups is 1. The fourth-order valence-electron chi connectivity index (χ4n) is 2.33. The highest BCUT2D eigenvalue weighted by atomic mass is 35.5. The van der Waals surface area contributed by atoms with Crippen molar-refractivity contribution in [2.75, 3.05) is 5.32 Å². The van der Waals surface area contributed by atoms with Crippen LogP contribution in [0.3, 0.4) is 0 Å². The Morgan fingerprint density at radius 3 is 2.65 bits per heavy atom. The van der Waals surface area contributed by atoms with Crippen LogP contribution in [0.4, 0.5) is 14.9 Å². The number of rotatable bonds is 2. The molecule has 120 valence electrons. The molecule has 1 aliphatic rings. The second-order valence-electron chi connectivity index (χ2n) is 5.18. The van der Waals surface area contributed by atoms with Gasteiger partial charge in [-0.25, -0.2) is 21.9 Å². The van der Waals surface area contributed by atoms with Crippen molar-refractivity contribution < 1.29 is 17.6 Å². The number of nitrogens with zero attached hydrogens (tertiary/aromatic N) is 1. The van der Waals surface area contributed by atoms with Crippen molar-refractivity contribution in [3.05, 3.63) is 58.4 Å².